The van der Waals surface area contributed by atoms with Crippen LogP contribution in [0.1, 0.15) is 60.3 Å². The Morgan fingerprint density at radius 1 is 1.31 bits per heavy atom. The van der Waals surface area contributed by atoms with E-state index in [4.69, 9.17) is 5.73 Å². The SMILES string of the molecule is CC(C)CC(CC1CC1)(C(N)=O)C(C)(C)C. The number of amides is 1. The van der Waals surface area contributed by atoms with Crippen LogP contribution >= 0.6 is 0 Å². The summed E-state index contributed by atoms with van der Waals surface area (Å²) in [5, 5.41) is 0. The molecular weight excluding hydrogens is 198 g/mol. The van der Waals surface area contributed by atoms with Crippen LogP contribution in [-0.4, -0.2) is 5.91 Å². The number of primary amides is 1. The van der Waals surface area contributed by atoms with Crippen molar-refractivity contribution < 1.29 is 4.79 Å². The summed E-state index contributed by atoms with van der Waals surface area (Å²) in [6.45, 7) is 10.8. The Morgan fingerprint density at radius 2 is 1.81 bits per heavy atom. The molecule has 1 aliphatic rings. The molecule has 0 heterocycles. The first-order chi connectivity index (χ1) is 7.19. The highest BCUT2D eigenvalue weighted by Crippen LogP contribution is 2.52. The fourth-order valence-corrected chi connectivity index (χ4v) is 2.78. The van der Waals surface area contributed by atoms with Gasteiger partial charge in [0.15, 0.2) is 0 Å². The molecule has 1 atom stereocenters. The summed E-state index contributed by atoms with van der Waals surface area (Å²) >= 11 is 0. The van der Waals surface area contributed by atoms with Crippen molar-refractivity contribution in [2.24, 2.45) is 28.4 Å². The number of carbonyl (C=O) groups excluding carboxylic acids is 1. The van der Waals surface area contributed by atoms with Crippen molar-refractivity contribution in [3.05, 3.63) is 0 Å². The zero-order valence-electron chi connectivity index (χ0n) is 11.5. The van der Waals surface area contributed by atoms with Crippen molar-refractivity contribution in [1.82, 2.24) is 0 Å². The van der Waals surface area contributed by atoms with Crippen LogP contribution in [0.25, 0.3) is 0 Å². The Balaban J connectivity index is 2.97. The van der Waals surface area contributed by atoms with Crippen molar-refractivity contribution in [2.75, 3.05) is 0 Å². The summed E-state index contributed by atoms with van der Waals surface area (Å²) in [7, 11) is 0. The molecule has 16 heavy (non-hydrogen) atoms. The number of rotatable bonds is 5. The van der Waals surface area contributed by atoms with Gasteiger partial charge in [0.25, 0.3) is 0 Å². The molecule has 2 heteroatoms. The molecule has 0 spiro atoms. The van der Waals surface area contributed by atoms with Gasteiger partial charge < -0.3 is 5.73 Å². The van der Waals surface area contributed by atoms with E-state index >= 15 is 0 Å². The monoisotopic (exact) mass is 225 g/mol. The van der Waals surface area contributed by atoms with E-state index in [0.717, 1.165) is 18.8 Å². The summed E-state index contributed by atoms with van der Waals surface area (Å²) in [6.07, 6.45) is 4.47. The molecule has 1 amide bonds. The predicted molar refractivity (Wildman–Crippen MR) is 67.9 cm³/mol. The van der Waals surface area contributed by atoms with Crippen LogP contribution in [0.4, 0.5) is 0 Å². The lowest BCUT2D eigenvalue weighted by atomic mass is 9.60. The Labute approximate surface area is 100.0 Å². The van der Waals surface area contributed by atoms with E-state index in [0.29, 0.717) is 5.92 Å². The van der Waals surface area contributed by atoms with Crippen molar-refractivity contribution in [2.45, 2.75) is 60.3 Å². The third kappa shape index (κ3) is 2.78. The lowest BCUT2D eigenvalue weighted by molar-refractivity contribution is -0.137. The molecule has 1 saturated carbocycles. The minimum absolute atomic E-state index is 0.0360. The van der Waals surface area contributed by atoms with Crippen LogP contribution in [0.5, 0.6) is 0 Å². The fraction of sp³-hybridized carbons (Fsp3) is 0.929. The fourth-order valence-electron chi connectivity index (χ4n) is 2.78. The highest BCUT2D eigenvalue weighted by Gasteiger charge is 2.49. The molecule has 2 N–H and O–H groups in total. The largest absolute Gasteiger partial charge is 0.369 e. The Morgan fingerprint density at radius 3 is 2.06 bits per heavy atom. The molecule has 94 valence electrons. The van der Waals surface area contributed by atoms with Crippen molar-refractivity contribution in [1.29, 1.82) is 0 Å². The lowest BCUT2D eigenvalue weighted by Gasteiger charge is -2.44. The summed E-state index contributed by atoms with van der Waals surface area (Å²) < 4.78 is 0. The molecule has 0 bridgehead atoms. The number of hydrogen-bond acceptors (Lipinski definition) is 1. The van der Waals surface area contributed by atoms with Gasteiger partial charge in [0, 0.05) is 0 Å². The van der Waals surface area contributed by atoms with Crippen LogP contribution < -0.4 is 5.73 Å². The zero-order valence-corrected chi connectivity index (χ0v) is 11.5. The van der Waals surface area contributed by atoms with Gasteiger partial charge in [0.1, 0.15) is 0 Å². The highest BCUT2D eigenvalue weighted by atomic mass is 16.1. The minimum Gasteiger partial charge on any atom is -0.369 e. The smallest absolute Gasteiger partial charge is 0.224 e. The molecule has 0 saturated heterocycles. The highest BCUT2D eigenvalue weighted by molar-refractivity contribution is 5.81. The van der Waals surface area contributed by atoms with E-state index in [2.05, 4.69) is 34.6 Å². The molecule has 2 nitrogen and oxygen atoms in total. The second-order valence-corrected chi connectivity index (χ2v) is 6.94. The quantitative estimate of drug-likeness (QED) is 0.766. The van der Waals surface area contributed by atoms with Gasteiger partial charge in [0.2, 0.25) is 5.91 Å². The molecule has 1 unspecified atom stereocenters. The first-order valence-corrected chi connectivity index (χ1v) is 6.49. The van der Waals surface area contributed by atoms with Crippen LogP contribution in [0.3, 0.4) is 0 Å². The normalized spacial score (nSPS) is 20.9. The number of hydrogen-bond donors (Lipinski definition) is 1. The van der Waals surface area contributed by atoms with Gasteiger partial charge in [-0.3, -0.25) is 4.79 Å². The third-order valence-corrected chi connectivity index (χ3v) is 4.00. The van der Waals surface area contributed by atoms with E-state index in [1.54, 1.807) is 0 Å². The average molecular weight is 225 g/mol. The standard InChI is InChI=1S/C14H27NO/c1-10(2)8-14(12(15)16,13(3,4)5)9-11-6-7-11/h10-11H,6-9H2,1-5H3,(H2,15,16). The first-order valence-electron chi connectivity index (χ1n) is 6.49. The molecule has 0 aliphatic heterocycles. The zero-order chi connectivity index (χ0) is 12.6. The Kier molecular flexibility index (Phi) is 3.71. The predicted octanol–water partition coefficient (Wildman–Crippen LogP) is 3.35. The average Bonchev–Trinajstić information content (AvgIpc) is 2.83. The van der Waals surface area contributed by atoms with Crippen molar-refractivity contribution in [3.8, 4) is 0 Å². The van der Waals surface area contributed by atoms with Gasteiger partial charge in [-0.05, 0) is 30.1 Å². The molecule has 1 fully saturated rings. The Bertz CT molecular complexity index is 254. The second-order valence-electron chi connectivity index (χ2n) is 6.94. The topological polar surface area (TPSA) is 43.1 Å². The number of nitrogens with two attached hydrogens (primary N) is 1. The second kappa shape index (κ2) is 4.38. The van der Waals surface area contributed by atoms with Crippen LogP contribution in [-0.2, 0) is 4.79 Å². The lowest BCUT2D eigenvalue weighted by Crippen LogP contribution is -2.48. The minimum atomic E-state index is -0.317. The van der Waals surface area contributed by atoms with Gasteiger partial charge in [-0.1, -0.05) is 47.5 Å². The van der Waals surface area contributed by atoms with E-state index in [9.17, 15) is 4.79 Å². The van der Waals surface area contributed by atoms with E-state index in [1.165, 1.54) is 12.8 Å². The molecule has 1 rings (SSSR count). The third-order valence-electron chi connectivity index (χ3n) is 4.00. The maximum atomic E-state index is 12.0. The first kappa shape index (κ1) is 13.5. The molecule has 0 aromatic carbocycles. The molecule has 0 aromatic rings. The van der Waals surface area contributed by atoms with Crippen LogP contribution in [0, 0.1) is 22.7 Å². The van der Waals surface area contributed by atoms with Gasteiger partial charge in [0.05, 0.1) is 5.41 Å². The van der Waals surface area contributed by atoms with E-state index in [1.807, 2.05) is 0 Å². The van der Waals surface area contributed by atoms with Crippen molar-refractivity contribution in [3.63, 3.8) is 0 Å². The van der Waals surface area contributed by atoms with E-state index in [-0.39, 0.29) is 16.7 Å². The van der Waals surface area contributed by atoms with Gasteiger partial charge >= 0.3 is 0 Å². The van der Waals surface area contributed by atoms with Gasteiger partial charge in [-0.2, -0.15) is 0 Å². The Hall–Kier alpha value is -0.530. The maximum Gasteiger partial charge on any atom is 0.224 e. The van der Waals surface area contributed by atoms with E-state index < -0.39 is 0 Å². The van der Waals surface area contributed by atoms with Crippen LogP contribution in [0.15, 0.2) is 0 Å². The summed E-state index contributed by atoms with van der Waals surface area (Å²) in [4.78, 5) is 12.0. The van der Waals surface area contributed by atoms with Crippen molar-refractivity contribution >= 4 is 5.91 Å². The molecule has 1 aliphatic carbocycles. The molecular formula is C14H27NO. The summed E-state index contributed by atoms with van der Waals surface area (Å²) in [5.74, 6) is 1.16. The summed E-state index contributed by atoms with van der Waals surface area (Å²) in [5.41, 5.74) is 5.39. The van der Waals surface area contributed by atoms with Gasteiger partial charge in [-0.25, -0.2) is 0 Å². The van der Waals surface area contributed by atoms with Gasteiger partial charge in [-0.15, -0.1) is 0 Å². The maximum absolute atomic E-state index is 12.0. The molecule has 0 aromatic heterocycles. The molecule has 0 radical (unpaired) electrons. The van der Waals surface area contributed by atoms with Crippen LogP contribution in [0.2, 0.25) is 0 Å². The number of carbonyl (C=O) groups is 1. The summed E-state index contributed by atoms with van der Waals surface area (Å²) in [6, 6.07) is 0.